The molecule has 0 saturated heterocycles. The molecule has 2 aromatic heterocycles. The van der Waals surface area contributed by atoms with Gasteiger partial charge in [-0.2, -0.15) is 5.10 Å². The van der Waals surface area contributed by atoms with Crippen LogP contribution in [0.25, 0.3) is 10.9 Å². The lowest BCUT2D eigenvalue weighted by molar-refractivity contribution is -0.134. The number of aromatic nitrogens is 5. The van der Waals surface area contributed by atoms with Crippen LogP contribution in [0.15, 0.2) is 35.4 Å². The van der Waals surface area contributed by atoms with Gasteiger partial charge in [0.15, 0.2) is 0 Å². The molecule has 2 heterocycles. The molecule has 112 valence electrons. The molecule has 0 amide bonds. The third kappa shape index (κ3) is 3.08. The van der Waals surface area contributed by atoms with Crippen LogP contribution in [0, 0.1) is 0 Å². The van der Waals surface area contributed by atoms with Gasteiger partial charge in [0.2, 0.25) is 5.95 Å². The van der Waals surface area contributed by atoms with Crippen LogP contribution >= 0.6 is 0 Å². The maximum atomic E-state index is 11.7. The Morgan fingerprint density at radius 2 is 2.18 bits per heavy atom. The average Bonchev–Trinajstić information content (AvgIpc) is 2.89. The third-order valence-electron chi connectivity index (χ3n) is 2.87. The van der Waals surface area contributed by atoms with E-state index in [1.54, 1.807) is 18.2 Å². The molecule has 3 aromatic rings. The monoisotopic (exact) mass is 300 g/mol. The average molecular weight is 300 g/mol. The predicted molar refractivity (Wildman–Crippen MR) is 77.5 cm³/mol. The highest BCUT2D eigenvalue weighted by atomic mass is 16.5. The van der Waals surface area contributed by atoms with Crippen LogP contribution in [0.5, 0.6) is 5.75 Å². The summed E-state index contributed by atoms with van der Waals surface area (Å²) in [6, 6.07) is 4.75. The van der Waals surface area contributed by atoms with Gasteiger partial charge in [0.1, 0.15) is 5.75 Å². The molecule has 1 aromatic carbocycles. The minimum atomic E-state index is -0.409. The summed E-state index contributed by atoms with van der Waals surface area (Å²) in [6.45, 7) is 0.327. The summed E-state index contributed by atoms with van der Waals surface area (Å²) in [4.78, 5) is 27.0. The fourth-order valence-corrected chi connectivity index (χ4v) is 1.87. The number of anilines is 1. The molecule has 3 N–H and O–H groups in total. The number of fused-ring (bicyclic) bond motifs is 1. The Morgan fingerprint density at radius 3 is 3.00 bits per heavy atom. The Hall–Kier alpha value is -3.23. The summed E-state index contributed by atoms with van der Waals surface area (Å²) < 4.78 is 5.20. The van der Waals surface area contributed by atoms with E-state index in [0.717, 1.165) is 0 Å². The molecule has 22 heavy (non-hydrogen) atoms. The van der Waals surface area contributed by atoms with Gasteiger partial charge in [-0.15, -0.1) is 5.10 Å². The number of hydrogen-bond donors (Lipinski definition) is 3. The molecule has 0 unspecified atom stereocenters. The lowest BCUT2D eigenvalue weighted by atomic mass is 10.2. The van der Waals surface area contributed by atoms with Crippen molar-refractivity contribution in [3.8, 4) is 5.75 Å². The first-order valence-corrected chi connectivity index (χ1v) is 6.51. The lowest BCUT2D eigenvalue weighted by Gasteiger charge is -2.05. The van der Waals surface area contributed by atoms with Gasteiger partial charge in [0, 0.05) is 12.6 Å². The van der Waals surface area contributed by atoms with Crippen LogP contribution < -0.4 is 15.6 Å². The second-order valence-electron chi connectivity index (χ2n) is 4.40. The Kier molecular flexibility index (Phi) is 3.77. The third-order valence-corrected chi connectivity index (χ3v) is 2.87. The van der Waals surface area contributed by atoms with Crippen LogP contribution in [0.2, 0.25) is 0 Å². The number of aromatic amines is 2. The van der Waals surface area contributed by atoms with E-state index in [-0.39, 0.29) is 12.0 Å². The smallest absolute Gasteiger partial charge is 0.312 e. The molecule has 0 bridgehead atoms. The summed E-state index contributed by atoms with van der Waals surface area (Å²) in [5, 5.41) is 15.9. The molecule has 0 spiro atoms. The first-order chi connectivity index (χ1) is 10.7. The maximum absolute atomic E-state index is 11.7. The van der Waals surface area contributed by atoms with Crippen LogP contribution in [0.1, 0.15) is 6.42 Å². The van der Waals surface area contributed by atoms with Crippen molar-refractivity contribution in [1.29, 1.82) is 0 Å². The minimum absolute atomic E-state index is 0.139. The first-order valence-electron chi connectivity index (χ1n) is 6.51. The number of ether oxygens (including phenoxy) is 1. The number of hydrogen-bond acceptors (Lipinski definition) is 7. The lowest BCUT2D eigenvalue weighted by Crippen LogP contribution is -2.15. The Morgan fingerprint density at radius 1 is 1.27 bits per heavy atom. The van der Waals surface area contributed by atoms with E-state index in [2.05, 4.69) is 30.7 Å². The number of carbonyl (C=O) groups excluding carboxylic acids is 1. The van der Waals surface area contributed by atoms with Crippen molar-refractivity contribution in [2.75, 3.05) is 11.9 Å². The van der Waals surface area contributed by atoms with Crippen LogP contribution in [-0.2, 0) is 4.79 Å². The van der Waals surface area contributed by atoms with Gasteiger partial charge < -0.3 is 10.1 Å². The van der Waals surface area contributed by atoms with Crippen molar-refractivity contribution in [3.05, 3.63) is 40.9 Å². The van der Waals surface area contributed by atoms with Gasteiger partial charge in [0.25, 0.3) is 5.56 Å². The zero-order valence-electron chi connectivity index (χ0n) is 11.4. The minimum Gasteiger partial charge on any atom is -0.426 e. The van der Waals surface area contributed by atoms with Crippen molar-refractivity contribution in [1.82, 2.24) is 25.4 Å². The van der Waals surface area contributed by atoms with Crippen molar-refractivity contribution in [3.63, 3.8) is 0 Å². The van der Waals surface area contributed by atoms with Gasteiger partial charge in [-0.3, -0.25) is 19.8 Å². The van der Waals surface area contributed by atoms with Gasteiger partial charge in [-0.05, 0) is 12.1 Å². The Bertz CT molecular complexity index is 842. The number of esters is 1. The SMILES string of the molecule is O=C(CCNc1nccnn1)Oc1ccc2c(=O)[nH][nH]c2c1. The zero-order chi connectivity index (χ0) is 15.4. The van der Waals surface area contributed by atoms with Crippen LogP contribution in [-0.4, -0.2) is 37.9 Å². The number of benzene rings is 1. The van der Waals surface area contributed by atoms with E-state index in [9.17, 15) is 9.59 Å². The number of nitrogens with zero attached hydrogens (tertiary/aromatic N) is 3. The number of rotatable bonds is 5. The maximum Gasteiger partial charge on any atom is 0.312 e. The fourth-order valence-electron chi connectivity index (χ4n) is 1.87. The highest BCUT2D eigenvalue weighted by Crippen LogP contribution is 2.16. The van der Waals surface area contributed by atoms with E-state index in [1.807, 2.05) is 0 Å². The van der Waals surface area contributed by atoms with E-state index < -0.39 is 5.97 Å². The highest BCUT2D eigenvalue weighted by Gasteiger charge is 2.07. The fraction of sp³-hybridized carbons (Fsp3) is 0.154. The van der Waals surface area contributed by atoms with Crippen molar-refractivity contribution < 1.29 is 9.53 Å². The van der Waals surface area contributed by atoms with Crippen molar-refractivity contribution in [2.45, 2.75) is 6.42 Å². The summed E-state index contributed by atoms with van der Waals surface area (Å²) in [7, 11) is 0. The standard InChI is InChI=1S/C13H12N6O3/c20-11(3-4-14-13-15-5-6-16-19-13)22-8-1-2-9-10(7-8)17-18-12(9)21/h1-2,5-7H,3-4H2,(H,14,15,19)(H2,17,18,21). The Balaban J connectivity index is 1.55. The van der Waals surface area contributed by atoms with Gasteiger partial charge in [-0.25, -0.2) is 4.98 Å². The topological polar surface area (TPSA) is 126 Å². The number of nitrogens with one attached hydrogen (secondary N) is 3. The molecular weight excluding hydrogens is 288 g/mol. The molecule has 9 heteroatoms. The zero-order valence-corrected chi connectivity index (χ0v) is 11.4. The molecule has 0 saturated carbocycles. The second-order valence-corrected chi connectivity index (χ2v) is 4.40. The van der Waals surface area contributed by atoms with Gasteiger partial charge >= 0.3 is 5.97 Å². The predicted octanol–water partition coefficient (Wildman–Crippen LogP) is 0.449. The summed E-state index contributed by atoms with van der Waals surface area (Å²) in [5.41, 5.74) is 0.366. The summed E-state index contributed by atoms with van der Waals surface area (Å²) in [6.07, 6.45) is 3.10. The molecule has 3 rings (SSSR count). The molecule has 0 atom stereocenters. The summed E-state index contributed by atoms with van der Waals surface area (Å²) in [5.74, 6) is 0.306. The first kappa shape index (κ1) is 13.7. The largest absolute Gasteiger partial charge is 0.426 e. The normalized spacial score (nSPS) is 10.5. The van der Waals surface area contributed by atoms with E-state index >= 15 is 0 Å². The molecule has 0 aliphatic rings. The summed E-state index contributed by atoms with van der Waals surface area (Å²) >= 11 is 0. The van der Waals surface area contributed by atoms with Crippen molar-refractivity contribution >= 4 is 22.8 Å². The Labute approximate surface area is 123 Å². The van der Waals surface area contributed by atoms with Gasteiger partial charge in [-0.1, -0.05) is 0 Å². The van der Waals surface area contributed by atoms with E-state index in [4.69, 9.17) is 4.74 Å². The van der Waals surface area contributed by atoms with Gasteiger partial charge in [0.05, 0.1) is 29.7 Å². The molecule has 9 nitrogen and oxygen atoms in total. The van der Waals surface area contributed by atoms with E-state index in [0.29, 0.717) is 29.1 Å². The quantitative estimate of drug-likeness (QED) is 0.461. The number of carbonyl (C=O) groups is 1. The van der Waals surface area contributed by atoms with E-state index in [1.165, 1.54) is 12.4 Å². The highest BCUT2D eigenvalue weighted by molar-refractivity contribution is 5.81. The van der Waals surface area contributed by atoms with Crippen molar-refractivity contribution in [2.24, 2.45) is 0 Å². The molecule has 0 radical (unpaired) electrons. The molecule has 0 aliphatic heterocycles. The van der Waals surface area contributed by atoms with Crippen LogP contribution in [0.3, 0.4) is 0 Å². The molecular formula is C13H12N6O3. The second kappa shape index (κ2) is 6.04. The molecule has 0 aliphatic carbocycles. The molecule has 0 fully saturated rings. The van der Waals surface area contributed by atoms with Crippen LogP contribution in [0.4, 0.5) is 5.95 Å². The number of H-pyrrole nitrogens is 2.